The van der Waals surface area contributed by atoms with E-state index >= 15 is 0 Å². The van der Waals surface area contributed by atoms with Crippen LogP contribution < -0.4 is 5.32 Å². The number of nitrogens with one attached hydrogen (secondary N) is 2. The largest absolute Gasteiger partial charge is 0.375 e. The number of rotatable bonds is 5. The molecule has 0 aliphatic heterocycles. The first-order valence-electron chi connectivity index (χ1n) is 7.30. The molecule has 0 saturated carbocycles. The third-order valence-corrected chi connectivity index (χ3v) is 3.80. The maximum Gasteiger partial charge on any atom is 0.250 e. The van der Waals surface area contributed by atoms with Crippen LogP contribution >= 0.6 is 11.6 Å². The number of ether oxygens (including phenoxy) is 1. The Morgan fingerprint density at radius 1 is 1.17 bits per heavy atom. The number of carbonyl (C=O) groups excluding carboxylic acids is 2. The van der Waals surface area contributed by atoms with Crippen molar-refractivity contribution in [2.45, 2.75) is 0 Å². The number of hydrogen-bond donors (Lipinski definition) is 2. The fraction of sp³-hybridized carbons (Fsp3) is 0.111. The van der Waals surface area contributed by atoms with Gasteiger partial charge in [0.2, 0.25) is 11.7 Å². The Morgan fingerprint density at radius 3 is 2.62 bits per heavy atom. The maximum absolute atomic E-state index is 12.8. The molecule has 0 atom stereocenters. The van der Waals surface area contributed by atoms with Gasteiger partial charge in [-0.3, -0.25) is 9.59 Å². The van der Waals surface area contributed by atoms with E-state index in [0.717, 1.165) is 0 Å². The molecule has 5 nitrogen and oxygen atoms in total. The molecule has 0 spiro atoms. The zero-order valence-corrected chi connectivity index (χ0v) is 13.7. The summed E-state index contributed by atoms with van der Waals surface area (Å²) in [5, 5.41) is 4.00. The highest BCUT2D eigenvalue weighted by Gasteiger charge is 2.20. The molecule has 3 rings (SSSR count). The van der Waals surface area contributed by atoms with E-state index in [1.165, 1.54) is 7.11 Å². The summed E-state index contributed by atoms with van der Waals surface area (Å²) in [5.41, 5.74) is 1.94. The second-order valence-electron chi connectivity index (χ2n) is 5.24. The number of anilines is 1. The van der Waals surface area contributed by atoms with Gasteiger partial charge < -0.3 is 15.0 Å². The summed E-state index contributed by atoms with van der Waals surface area (Å²) in [4.78, 5) is 27.8. The minimum atomic E-state index is -0.338. The van der Waals surface area contributed by atoms with Crippen molar-refractivity contribution in [3.05, 3.63) is 64.8 Å². The van der Waals surface area contributed by atoms with E-state index in [2.05, 4.69) is 10.3 Å². The fourth-order valence-corrected chi connectivity index (χ4v) is 2.68. The number of aromatic nitrogens is 1. The highest BCUT2D eigenvalue weighted by Crippen LogP contribution is 2.31. The summed E-state index contributed by atoms with van der Waals surface area (Å²) in [6.45, 7) is -0.0980. The number of ketones is 1. The lowest BCUT2D eigenvalue weighted by molar-refractivity contribution is -0.119. The quantitative estimate of drug-likeness (QED) is 0.695. The molecule has 0 unspecified atom stereocenters. The molecule has 0 aliphatic carbocycles. The van der Waals surface area contributed by atoms with Crippen LogP contribution in [0, 0.1) is 0 Å². The predicted octanol–water partition coefficient (Wildman–Crippen LogP) is 3.64. The Bertz CT molecular complexity index is 903. The summed E-state index contributed by atoms with van der Waals surface area (Å²) in [7, 11) is 1.44. The van der Waals surface area contributed by atoms with Gasteiger partial charge >= 0.3 is 0 Å². The van der Waals surface area contributed by atoms with E-state index in [-0.39, 0.29) is 18.3 Å². The highest BCUT2D eigenvalue weighted by molar-refractivity contribution is 6.31. The van der Waals surface area contributed by atoms with Crippen molar-refractivity contribution in [3.63, 3.8) is 0 Å². The Balaban J connectivity index is 2.11. The lowest BCUT2D eigenvalue weighted by atomic mass is 10.1. The van der Waals surface area contributed by atoms with Gasteiger partial charge in [0.1, 0.15) is 12.3 Å². The van der Waals surface area contributed by atoms with Crippen LogP contribution in [0.15, 0.2) is 48.5 Å². The van der Waals surface area contributed by atoms with Crippen molar-refractivity contribution in [2.24, 2.45) is 0 Å². The molecule has 0 radical (unpaired) electrons. The van der Waals surface area contributed by atoms with Crippen LogP contribution in [0.2, 0.25) is 5.02 Å². The van der Waals surface area contributed by atoms with Crippen LogP contribution in [0.4, 0.5) is 5.69 Å². The number of benzene rings is 2. The third-order valence-electron chi connectivity index (χ3n) is 3.56. The molecule has 2 aromatic carbocycles. The summed E-state index contributed by atoms with van der Waals surface area (Å²) < 4.78 is 4.84. The van der Waals surface area contributed by atoms with Gasteiger partial charge in [-0.05, 0) is 18.2 Å². The first-order chi connectivity index (χ1) is 11.6. The first kappa shape index (κ1) is 16.2. The van der Waals surface area contributed by atoms with Crippen LogP contribution in [0.5, 0.6) is 0 Å². The van der Waals surface area contributed by atoms with Gasteiger partial charge in [0.15, 0.2) is 0 Å². The van der Waals surface area contributed by atoms with Crippen LogP contribution in [-0.2, 0) is 9.53 Å². The van der Waals surface area contributed by atoms with Gasteiger partial charge in [-0.25, -0.2) is 0 Å². The number of methoxy groups -OCH3 is 1. The van der Waals surface area contributed by atoms with E-state index in [4.69, 9.17) is 16.3 Å². The molecule has 24 heavy (non-hydrogen) atoms. The van der Waals surface area contributed by atoms with Crippen LogP contribution in [-0.4, -0.2) is 30.4 Å². The summed E-state index contributed by atoms with van der Waals surface area (Å²) >= 11 is 6.02. The topological polar surface area (TPSA) is 71.2 Å². The van der Waals surface area contributed by atoms with Crippen molar-refractivity contribution in [1.29, 1.82) is 0 Å². The van der Waals surface area contributed by atoms with Gasteiger partial charge in [0.25, 0.3) is 0 Å². The van der Waals surface area contributed by atoms with E-state index in [0.29, 0.717) is 32.9 Å². The number of H-pyrrole nitrogens is 1. The Labute approximate surface area is 143 Å². The second kappa shape index (κ2) is 6.86. The van der Waals surface area contributed by atoms with E-state index < -0.39 is 0 Å². The van der Waals surface area contributed by atoms with Crippen LogP contribution in [0.25, 0.3) is 10.9 Å². The van der Waals surface area contributed by atoms with Crippen molar-refractivity contribution in [3.8, 4) is 0 Å². The number of amides is 1. The van der Waals surface area contributed by atoms with Crippen molar-refractivity contribution < 1.29 is 14.3 Å². The molecule has 2 N–H and O–H groups in total. The molecule has 0 fully saturated rings. The van der Waals surface area contributed by atoms with Gasteiger partial charge in [0.05, 0.1) is 5.69 Å². The van der Waals surface area contributed by atoms with Crippen molar-refractivity contribution >= 4 is 39.9 Å². The van der Waals surface area contributed by atoms with Crippen molar-refractivity contribution in [2.75, 3.05) is 19.0 Å². The predicted molar refractivity (Wildman–Crippen MR) is 93.7 cm³/mol. The normalized spacial score (nSPS) is 10.8. The SMILES string of the molecule is COCC(=O)Nc1c(C(=O)c2ccccc2)[nH]c2cc(Cl)ccc12. The van der Waals surface area contributed by atoms with E-state index in [1.54, 1.807) is 42.5 Å². The monoisotopic (exact) mass is 342 g/mol. The summed E-state index contributed by atoms with van der Waals surface area (Å²) in [6, 6.07) is 14.0. The van der Waals surface area contributed by atoms with E-state index in [9.17, 15) is 9.59 Å². The Morgan fingerprint density at radius 2 is 1.92 bits per heavy atom. The third kappa shape index (κ3) is 3.18. The standard InChI is InChI=1S/C18H15ClN2O3/c1-24-10-15(22)21-16-13-8-7-12(19)9-14(13)20-17(16)18(23)11-5-3-2-4-6-11/h2-9,20H,10H2,1H3,(H,21,22). The number of carbonyl (C=O) groups is 2. The van der Waals surface area contributed by atoms with Gasteiger partial charge in [0, 0.05) is 28.6 Å². The van der Waals surface area contributed by atoms with Gasteiger partial charge in [-0.1, -0.05) is 41.9 Å². The molecule has 6 heteroatoms. The summed E-state index contributed by atoms with van der Waals surface area (Å²) in [6.07, 6.45) is 0. The molecule has 1 heterocycles. The van der Waals surface area contributed by atoms with Crippen LogP contribution in [0.3, 0.4) is 0 Å². The fourth-order valence-electron chi connectivity index (χ4n) is 2.51. The lowest BCUT2D eigenvalue weighted by Crippen LogP contribution is -2.18. The molecular weight excluding hydrogens is 328 g/mol. The summed E-state index contributed by atoms with van der Waals surface area (Å²) in [5.74, 6) is -0.550. The minimum absolute atomic E-state index is 0.0980. The van der Waals surface area contributed by atoms with Crippen LogP contribution in [0.1, 0.15) is 16.1 Å². The lowest BCUT2D eigenvalue weighted by Gasteiger charge is -2.07. The highest BCUT2D eigenvalue weighted by atomic mass is 35.5. The van der Waals surface area contributed by atoms with Crippen molar-refractivity contribution in [1.82, 2.24) is 4.98 Å². The molecule has 1 aromatic heterocycles. The smallest absolute Gasteiger partial charge is 0.250 e. The Kier molecular flexibility index (Phi) is 4.64. The Hall–Kier alpha value is -2.63. The number of halogens is 1. The number of aromatic amines is 1. The second-order valence-corrected chi connectivity index (χ2v) is 5.68. The van der Waals surface area contributed by atoms with Gasteiger partial charge in [-0.15, -0.1) is 0 Å². The average molecular weight is 343 g/mol. The van der Waals surface area contributed by atoms with Gasteiger partial charge in [-0.2, -0.15) is 0 Å². The average Bonchev–Trinajstić information content (AvgIpc) is 2.92. The molecule has 0 saturated heterocycles. The molecule has 1 amide bonds. The number of fused-ring (bicyclic) bond motifs is 1. The molecule has 0 bridgehead atoms. The zero-order chi connectivity index (χ0) is 17.1. The zero-order valence-electron chi connectivity index (χ0n) is 12.9. The molecule has 0 aliphatic rings. The molecular formula is C18H15ClN2O3. The number of hydrogen-bond acceptors (Lipinski definition) is 3. The molecule has 3 aromatic rings. The van der Waals surface area contributed by atoms with E-state index in [1.807, 2.05) is 6.07 Å². The molecule has 122 valence electrons. The maximum atomic E-state index is 12.8. The first-order valence-corrected chi connectivity index (χ1v) is 7.67. The minimum Gasteiger partial charge on any atom is -0.375 e.